The standard InChI is InChI=1S/C21H22Cl2N2O/c22-18-7-5-16(6-8-18)11-20(26)25-10-9-21(15-25)13-24(14-21)12-17-3-1-2-4-19(17)23/h1-8H,9-15H2. The Hall–Kier alpha value is -1.55. The first-order valence-corrected chi connectivity index (χ1v) is 9.77. The van der Waals surface area contributed by atoms with Gasteiger partial charge in [0.1, 0.15) is 0 Å². The molecule has 2 aliphatic rings. The van der Waals surface area contributed by atoms with E-state index in [0.717, 1.165) is 49.7 Å². The Morgan fingerprint density at radius 2 is 1.73 bits per heavy atom. The van der Waals surface area contributed by atoms with Gasteiger partial charge in [-0.05, 0) is 35.7 Å². The minimum absolute atomic E-state index is 0.216. The largest absolute Gasteiger partial charge is 0.342 e. The molecule has 0 unspecified atom stereocenters. The molecule has 2 fully saturated rings. The van der Waals surface area contributed by atoms with Crippen molar-refractivity contribution in [2.45, 2.75) is 19.4 Å². The van der Waals surface area contributed by atoms with Crippen molar-refractivity contribution in [3.05, 3.63) is 69.7 Å². The third-order valence-electron chi connectivity index (χ3n) is 5.53. The Morgan fingerprint density at radius 1 is 1.00 bits per heavy atom. The number of likely N-dealkylation sites (tertiary alicyclic amines) is 2. The first kappa shape index (κ1) is 17.8. The molecule has 26 heavy (non-hydrogen) atoms. The number of nitrogens with zero attached hydrogens (tertiary/aromatic N) is 2. The van der Waals surface area contributed by atoms with E-state index >= 15 is 0 Å². The van der Waals surface area contributed by atoms with Gasteiger partial charge in [-0.2, -0.15) is 0 Å². The second kappa shape index (κ2) is 7.22. The fourth-order valence-electron chi connectivity index (χ4n) is 4.18. The predicted octanol–water partition coefficient (Wildman–Crippen LogP) is 4.27. The van der Waals surface area contributed by atoms with Gasteiger partial charge in [0.2, 0.25) is 5.91 Å². The van der Waals surface area contributed by atoms with Gasteiger partial charge in [-0.25, -0.2) is 0 Å². The first-order chi connectivity index (χ1) is 12.5. The summed E-state index contributed by atoms with van der Waals surface area (Å²) in [4.78, 5) is 17.1. The fourth-order valence-corrected chi connectivity index (χ4v) is 4.50. The van der Waals surface area contributed by atoms with Crippen LogP contribution in [0, 0.1) is 5.41 Å². The smallest absolute Gasteiger partial charge is 0.227 e. The molecule has 2 aromatic rings. The topological polar surface area (TPSA) is 23.6 Å². The van der Waals surface area contributed by atoms with Gasteiger partial charge >= 0.3 is 0 Å². The normalized spacial score (nSPS) is 18.9. The van der Waals surface area contributed by atoms with E-state index in [9.17, 15) is 4.79 Å². The van der Waals surface area contributed by atoms with Gasteiger partial charge in [-0.15, -0.1) is 0 Å². The van der Waals surface area contributed by atoms with Crippen LogP contribution in [0.2, 0.25) is 10.0 Å². The summed E-state index contributed by atoms with van der Waals surface area (Å²) in [6.07, 6.45) is 1.55. The number of rotatable bonds is 4. The van der Waals surface area contributed by atoms with Crippen molar-refractivity contribution in [1.82, 2.24) is 9.80 Å². The number of hydrogen-bond acceptors (Lipinski definition) is 2. The van der Waals surface area contributed by atoms with Crippen molar-refractivity contribution in [1.29, 1.82) is 0 Å². The lowest BCUT2D eigenvalue weighted by atomic mass is 9.79. The van der Waals surface area contributed by atoms with E-state index in [2.05, 4.69) is 11.0 Å². The molecule has 2 aliphatic heterocycles. The average molecular weight is 389 g/mol. The van der Waals surface area contributed by atoms with Crippen LogP contribution in [0.4, 0.5) is 0 Å². The highest BCUT2D eigenvalue weighted by Crippen LogP contribution is 2.40. The maximum absolute atomic E-state index is 12.6. The second-order valence-electron chi connectivity index (χ2n) is 7.61. The van der Waals surface area contributed by atoms with Gasteiger partial charge in [0.05, 0.1) is 6.42 Å². The van der Waals surface area contributed by atoms with Gasteiger partial charge in [-0.1, -0.05) is 53.5 Å². The number of carbonyl (C=O) groups excluding carboxylic acids is 1. The number of benzene rings is 2. The van der Waals surface area contributed by atoms with Crippen molar-refractivity contribution in [3.8, 4) is 0 Å². The van der Waals surface area contributed by atoms with E-state index in [0.29, 0.717) is 11.4 Å². The van der Waals surface area contributed by atoms with Crippen LogP contribution >= 0.6 is 23.2 Å². The van der Waals surface area contributed by atoms with Crippen LogP contribution in [0.5, 0.6) is 0 Å². The quantitative estimate of drug-likeness (QED) is 0.780. The number of carbonyl (C=O) groups is 1. The van der Waals surface area contributed by atoms with Gasteiger partial charge in [-0.3, -0.25) is 9.69 Å². The Kier molecular flexibility index (Phi) is 4.96. The maximum atomic E-state index is 12.6. The fraction of sp³-hybridized carbons (Fsp3) is 0.381. The summed E-state index contributed by atoms with van der Waals surface area (Å²) in [5.41, 5.74) is 2.48. The molecule has 4 rings (SSSR count). The minimum Gasteiger partial charge on any atom is -0.342 e. The van der Waals surface area contributed by atoms with E-state index in [4.69, 9.17) is 23.2 Å². The lowest BCUT2D eigenvalue weighted by molar-refractivity contribution is -0.130. The minimum atomic E-state index is 0.216. The van der Waals surface area contributed by atoms with E-state index in [1.54, 1.807) is 0 Å². The summed E-state index contributed by atoms with van der Waals surface area (Å²) >= 11 is 12.2. The van der Waals surface area contributed by atoms with E-state index in [-0.39, 0.29) is 11.3 Å². The highest BCUT2D eigenvalue weighted by atomic mass is 35.5. The molecule has 0 bridgehead atoms. The Balaban J connectivity index is 1.30. The lowest BCUT2D eigenvalue weighted by Gasteiger charge is -2.48. The van der Waals surface area contributed by atoms with Gasteiger partial charge in [0.15, 0.2) is 0 Å². The number of amides is 1. The van der Waals surface area contributed by atoms with E-state index in [1.165, 1.54) is 5.56 Å². The molecule has 0 saturated carbocycles. The Labute approximate surface area is 164 Å². The highest BCUT2D eigenvalue weighted by molar-refractivity contribution is 6.31. The zero-order valence-corrected chi connectivity index (χ0v) is 16.1. The number of halogens is 2. The molecule has 0 aromatic heterocycles. The van der Waals surface area contributed by atoms with Crippen LogP contribution in [0.3, 0.4) is 0 Å². The molecule has 1 spiro atoms. The molecule has 2 heterocycles. The van der Waals surface area contributed by atoms with E-state index in [1.807, 2.05) is 47.4 Å². The summed E-state index contributed by atoms with van der Waals surface area (Å²) < 4.78 is 0. The van der Waals surface area contributed by atoms with Crippen molar-refractivity contribution >= 4 is 29.1 Å². The highest BCUT2D eigenvalue weighted by Gasteiger charge is 2.48. The molecule has 2 aromatic carbocycles. The van der Waals surface area contributed by atoms with Crippen LogP contribution < -0.4 is 0 Å². The Morgan fingerprint density at radius 3 is 2.46 bits per heavy atom. The van der Waals surface area contributed by atoms with Crippen LogP contribution in [0.15, 0.2) is 48.5 Å². The van der Waals surface area contributed by atoms with E-state index < -0.39 is 0 Å². The zero-order valence-electron chi connectivity index (χ0n) is 14.6. The van der Waals surface area contributed by atoms with Crippen molar-refractivity contribution in [2.24, 2.45) is 5.41 Å². The van der Waals surface area contributed by atoms with Gasteiger partial charge in [0.25, 0.3) is 0 Å². The molecule has 1 amide bonds. The average Bonchev–Trinajstić information content (AvgIpc) is 3.04. The molecular formula is C21H22Cl2N2O. The summed E-state index contributed by atoms with van der Waals surface area (Å²) in [6, 6.07) is 15.6. The second-order valence-corrected chi connectivity index (χ2v) is 8.45. The molecule has 3 nitrogen and oxygen atoms in total. The number of hydrogen-bond donors (Lipinski definition) is 0. The lowest BCUT2D eigenvalue weighted by Crippen LogP contribution is -2.57. The summed E-state index contributed by atoms with van der Waals surface area (Å²) in [6.45, 7) is 4.72. The summed E-state index contributed by atoms with van der Waals surface area (Å²) in [5.74, 6) is 0.216. The molecule has 0 N–H and O–H groups in total. The maximum Gasteiger partial charge on any atom is 0.227 e. The van der Waals surface area contributed by atoms with Crippen molar-refractivity contribution < 1.29 is 4.79 Å². The first-order valence-electron chi connectivity index (χ1n) is 9.01. The molecule has 5 heteroatoms. The summed E-state index contributed by atoms with van der Waals surface area (Å²) in [7, 11) is 0. The monoisotopic (exact) mass is 388 g/mol. The van der Waals surface area contributed by atoms with Crippen LogP contribution in [0.25, 0.3) is 0 Å². The molecule has 0 atom stereocenters. The molecular weight excluding hydrogens is 367 g/mol. The van der Waals surface area contributed by atoms with Crippen molar-refractivity contribution in [3.63, 3.8) is 0 Å². The third kappa shape index (κ3) is 3.75. The Bertz CT molecular complexity index is 800. The predicted molar refractivity (Wildman–Crippen MR) is 106 cm³/mol. The molecule has 0 radical (unpaired) electrons. The summed E-state index contributed by atoms with van der Waals surface area (Å²) in [5, 5.41) is 1.54. The molecule has 0 aliphatic carbocycles. The van der Waals surface area contributed by atoms with Gasteiger partial charge < -0.3 is 4.90 Å². The third-order valence-corrected chi connectivity index (χ3v) is 6.15. The SMILES string of the molecule is O=C(Cc1ccc(Cl)cc1)N1CCC2(CN(Cc3ccccc3Cl)C2)C1. The van der Waals surface area contributed by atoms with Crippen LogP contribution in [-0.2, 0) is 17.8 Å². The molecule has 136 valence electrons. The van der Waals surface area contributed by atoms with Crippen molar-refractivity contribution in [2.75, 3.05) is 26.2 Å². The molecule has 2 saturated heterocycles. The van der Waals surface area contributed by atoms with Crippen LogP contribution in [-0.4, -0.2) is 41.9 Å². The van der Waals surface area contributed by atoms with Crippen LogP contribution in [0.1, 0.15) is 17.5 Å². The van der Waals surface area contributed by atoms with Gasteiger partial charge in [0, 0.05) is 48.2 Å². The zero-order chi connectivity index (χ0) is 18.1.